The zero-order valence-electron chi connectivity index (χ0n) is 12.8. The normalized spacial score (nSPS) is 13.3. The standard InChI is InChI=1S/C16H18BrN3O2/c1-4-6-12-14(8-7-11(3)17)20-10-9-13(15(21)22-5-2)19-16(20)18-12/h4,6-11H,5H2,1-3H3/b6-4-,8-7-. The number of aromatic nitrogens is 3. The van der Waals surface area contributed by atoms with E-state index in [1.54, 1.807) is 19.2 Å². The first kappa shape index (κ1) is 16.4. The van der Waals surface area contributed by atoms with Crippen LogP contribution in [0, 0.1) is 0 Å². The number of alkyl halides is 1. The fourth-order valence-corrected chi connectivity index (χ4v) is 2.11. The molecule has 1 unspecified atom stereocenters. The van der Waals surface area contributed by atoms with Crippen LogP contribution in [0.25, 0.3) is 17.9 Å². The van der Waals surface area contributed by atoms with Gasteiger partial charge in [0.25, 0.3) is 0 Å². The molecule has 2 aromatic heterocycles. The van der Waals surface area contributed by atoms with Crippen molar-refractivity contribution in [2.75, 3.05) is 6.61 Å². The minimum atomic E-state index is -0.438. The zero-order valence-corrected chi connectivity index (χ0v) is 14.4. The molecular formula is C16H18BrN3O2. The highest BCUT2D eigenvalue weighted by Crippen LogP contribution is 2.17. The molecule has 0 amide bonds. The number of esters is 1. The molecule has 0 aliphatic heterocycles. The molecule has 0 saturated carbocycles. The molecule has 6 heteroatoms. The lowest BCUT2D eigenvalue weighted by Crippen LogP contribution is -2.08. The Labute approximate surface area is 137 Å². The van der Waals surface area contributed by atoms with Gasteiger partial charge in [0.2, 0.25) is 5.78 Å². The summed E-state index contributed by atoms with van der Waals surface area (Å²) in [6, 6.07) is 1.64. The SMILES string of the molecule is C/C=C\c1nc2nc(C(=O)OCC)ccn2c1/C=C\C(C)Br. The number of nitrogens with zero attached hydrogens (tertiary/aromatic N) is 3. The summed E-state index contributed by atoms with van der Waals surface area (Å²) in [4.78, 5) is 20.8. The van der Waals surface area contributed by atoms with E-state index in [0.717, 1.165) is 11.4 Å². The molecule has 116 valence electrons. The number of allylic oxidation sites excluding steroid dienone is 2. The number of rotatable bonds is 5. The molecule has 2 rings (SSSR count). The van der Waals surface area contributed by atoms with Crippen LogP contribution >= 0.6 is 15.9 Å². The first-order valence-corrected chi connectivity index (χ1v) is 7.99. The number of fused-ring (bicyclic) bond motifs is 1. The molecule has 0 aliphatic rings. The van der Waals surface area contributed by atoms with Gasteiger partial charge in [-0.25, -0.2) is 14.8 Å². The summed E-state index contributed by atoms with van der Waals surface area (Å²) in [5, 5.41) is 0. The fourth-order valence-electron chi connectivity index (χ4n) is 1.95. The van der Waals surface area contributed by atoms with Crippen LogP contribution in [-0.4, -0.2) is 31.8 Å². The Hall–Kier alpha value is -1.95. The van der Waals surface area contributed by atoms with Crippen molar-refractivity contribution in [1.29, 1.82) is 0 Å². The summed E-state index contributed by atoms with van der Waals surface area (Å²) in [6.45, 7) is 6.05. The van der Waals surface area contributed by atoms with Crippen molar-refractivity contribution in [3.8, 4) is 0 Å². The first-order valence-electron chi connectivity index (χ1n) is 7.08. The van der Waals surface area contributed by atoms with E-state index in [9.17, 15) is 4.79 Å². The quantitative estimate of drug-likeness (QED) is 0.599. The Bertz CT molecular complexity index is 732. The van der Waals surface area contributed by atoms with Gasteiger partial charge in [0.05, 0.1) is 18.0 Å². The molecule has 2 heterocycles. The van der Waals surface area contributed by atoms with Crippen molar-refractivity contribution in [3.63, 3.8) is 0 Å². The molecule has 22 heavy (non-hydrogen) atoms. The monoisotopic (exact) mass is 363 g/mol. The van der Waals surface area contributed by atoms with E-state index in [1.165, 1.54) is 0 Å². The van der Waals surface area contributed by atoms with Crippen LogP contribution in [0.2, 0.25) is 0 Å². The molecule has 0 spiro atoms. The number of imidazole rings is 1. The van der Waals surface area contributed by atoms with Gasteiger partial charge in [0.1, 0.15) is 0 Å². The van der Waals surface area contributed by atoms with Crippen molar-refractivity contribution < 1.29 is 9.53 Å². The molecule has 0 aromatic carbocycles. The van der Waals surface area contributed by atoms with E-state index in [2.05, 4.69) is 25.9 Å². The first-order chi connectivity index (χ1) is 10.6. The van der Waals surface area contributed by atoms with Crippen molar-refractivity contribution in [2.45, 2.75) is 25.6 Å². The number of carbonyl (C=O) groups excluding carboxylic acids is 1. The van der Waals surface area contributed by atoms with E-state index in [1.807, 2.05) is 42.6 Å². The van der Waals surface area contributed by atoms with Gasteiger partial charge in [-0.05, 0) is 39.0 Å². The van der Waals surface area contributed by atoms with Crippen molar-refractivity contribution in [2.24, 2.45) is 0 Å². The van der Waals surface area contributed by atoms with Gasteiger partial charge in [-0.15, -0.1) is 0 Å². The average Bonchev–Trinajstić information content (AvgIpc) is 2.82. The van der Waals surface area contributed by atoms with Crippen LogP contribution in [0.4, 0.5) is 0 Å². The third-order valence-electron chi connectivity index (χ3n) is 2.89. The molecule has 0 N–H and O–H groups in total. The minimum absolute atomic E-state index is 0.253. The summed E-state index contributed by atoms with van der Waals surface area (Å²) >= 11 is 3.48. The number of carbonyl (C=O) groups is 1. The van der Waals surface area contributed by atoms with Crippen molar-refractivity contribution in [1.82, 2.24) is 14.4 Å². The molecule has 0 bridgehead atoms. The number of ether oxygens (including phenoxy) is 1. The topological polar surface area (TPSA) is 56.5 Å². The molecule has 0 aliphatic carbocycles. The third kappa shape index (κ3) is 3.62. The van der Waals surface area contributed by atoms with E-state index in [-0.39, 0.29) is 10.5 Å². The Morgan fingerprint density at radius 2 is 2.23 bits per heavy atom. The average molecular weight is 364 g/mol. The Kier molecular flexibility index (Phi) is 5.49. The summed E-state index contributed by atoms with van der Waals surface area (Å²) in [5.74, 6) is 0.0345. The highest BCUT2D eigenvalue weighted by molar-refractivity contribution is 9.09. The summed E-state index contributed by atoms with van der Waals surface area (Å²) in [6.07, 6.45) is 9.63. The largest absolute Gasteiger partial charge is 0.461 e. The van der Waals surface area contributed by atoms with Crippen LogP contribution in [0.15, 0.2) is 24.4 Å². The van der Waals surface area contributed by atoms with Crippen molar-refractivity contribution >= 4 is 39.8 Å². The van der Waals surface area contributed by atoms with Crippen LogP contribution < -0.4 is 0 Å². The highest BCUT2D eigenvalue weighted by Gasteiger charge is 2.13. The third-order valence-corrected chi connectivity index (χ3v) is 3.19. The van der Waals surface area contributed by atoms with E-state index < -0.39 is 5.97 Å². The lowest BCUT2D eigenvalue weighted by atomic mass is 10.2. The van der Waals surface area contributed by atoms with E-state index >= 15 is 0 Å². The molecule has 1 atom stereocenters. The van der Waals surface area contributed by atoms with Crippen LogP contribution in [-0.2, 0) is 4.74 Å². The van der Waals surface area contributed by atoms with Gasteiger partial charge in [0.15, 0.2) is 5.69 Å². The second kappa shape index (κ2) is 7.35. The highest BCUT2D eigenvalue weighted by atomic mass is 79.9. The van der Waals surface area contributed by atoms with Gasteiger partial charge in [-0.1, -0.05) is 28.1 Å². The molecule has 0 radical (unpaired) electrons. The van der Waals surface area contributed by atoms with Crippen LogP contribution in [0.5, 0.6) is 0 Å². The van der Waals surface area contributed by atoms with Gasteiger partial charge in [-0.2, -0.15) is 0 Å². The summed E-state index contributed by atoms with van der Waals surface area (Å²) in [7, 11) is 0. The Morgan fingerprint density at radius 1 is 1.45 bits per heavy atom. The van der Waals surface area contributed by atoms with Crippen LogP contribution in [0.3, 0.4) is 0 Å². The maximum absolute atomic E-state index is 11.8. The van der Waals surface area contributed by atoms with Gasteiger partial charge in [0, 0.05) is 11.0 Å². The van der Waals surface area contributed by atoms with E-state index in [0.29, 0.717) is 12.4 Å². The lowest BCUT2D eigenvalue weighted by molar-refractivity contribution is 0.0519. The predicted octanol–water partition coefficient (Wildman–Crippen LogP) is 3.74. The molecular weight excluding hydrogens is 346 g/mol. The summed E-state index contributed by atoms with van der Waals surface area (Å²) in [5.41, 5.74) is 1.98. The second-order valence-electron chi connectivity index (χ2n) is 4.62. The molecule has 0 fully saturated rings. The lowest BCUT2D eigenvalue weighted by Gasteiger charge is -2.02. The van der Waals surface area contributed by atoms with Gasteiger partial charge in [-0.3, -0.25) is 4.40 Å². The fraction of sp³-hybridized carbons (Fsp3) is 0.312. The number of hydrogen-bond acceptors (Lipinski definition) is 4. The second-order valence-corrected chi connectivity index (χ2v) is 6.07. The smallest absolute Gasteiger partial charge is 0.357 e. The van der Waals surface area contributed by atoms with Crippen LogP contribution in [0.1, 0.15) is 42.6 Å². The maximum atomic E-state index is 11.8. The van der Waals surface area contributed by atoms with Crippen molar-refractivity contribution in [3.05, 3.63) is 41.5 Å². The maximum Gasteiger partial charge on any atom is 0.357 e. The van der Waals surface area contributed by atoms with Gasteiger partial charge < -0.3 is 4.74 Å². The predicted molar refractivity (Wildman–Crippen MR) is 91.1 cm³/mol. The number of halogens is 1. The molecule has 5 nitrogen and oxygen atoms in total. The minimum Gasteiger partial charge on any atom is -0.461 e. The molecule has 2 aromatic rings. The summed E-state index contributed by atoms with van der Waals surface area (Å²) < 4.78 is 6.82. The van der Waals surface area contributed by atoms with Gasteiger partial charge >= 0.3 is 5.97 Å². The number of hydrogen-bond donors (Lipinski definition) is 0. The zero-order chi connectivity index (χ0) is 16.1. The molecule has 0 saturated heterocycles. The Balaban J connectivity index is 2.53. The Morgan fingerprint density at radius 3 is 2.86 bits per heavy atom. The van der Waals surface area contributed by atoms with E-state index in [4.69, 9.17) is 4.74 Å².